The summed E-state index contributed by atoms with van der Waals surface area (Å²) in [5.74, 6) is -0.645. The van der Waals surface area contributed by atoms with Gasteiger partial charge in [-0.05, 0) is 50.2 Å². The first-order valence-corrected chi connectivity index (χ1v) is 13.7. The molecule has 0 aliphatic carbocycles. The number of carbonyl (C=O) groups is 2. The number of nitrogens with zero attached hydrogens (tertiary/aromatic N) is 3. The van der Waals surface area contributed by atoms with Crippen LogP contribution in [0.1, 0.15) is 34.0 Å². The predicted molar refractivity (Wildman–Crippen MR) is 138 cm³/mol. The molecule has 0 N–H and O–H groups in total. The van der Waals surface area contributed by atoms with Gasteiger partial charge in [0.05, 0.1) is 26.5 Å². The molecule has 1 aliphatic heterocycles. The molecule has 2 heterocycles. The molecule has 0 bridgehead atoms. The van der Waals surface area contributed by atoms with Crippen molar-refractivity contribution in [2.45, 2.75) is 30.8 Å². The molecule has 3 aromatic rings. The van der Waals surface area contributed by atoms with E-state index in [0.29, 0.717) is 33.6 Å². The number of anilines is 1. The maximum absolute atomic E-state index is 13.3. The van der Waals surface area contributed by atoms with E-state index in [1.54, 1.807) is 17.5 Å². The molecule has 6 nitrogen and oxygen atoms in total. The van der Waals surface area contributed by atoms with E-state index in [-0.39, 0.29) is 34.5 Å². The Hall–Kier alpha value is -2.26. The summed E-state index contributed by atoms with van der Waals surface area (Å²) in [4.78, 5) is 33.9. The molecule has 0 radical (unpaired) electrons. The molecule has 34 heavy (non-hydrogen) atoms. The van der Waals surface area contributed by atoms with Gasteiger partial charge in [0.25, 0.3) is 5.91 Å². The SMILES string of the molecule is CC1[C@H](C)N(C(=O)c2ccc(S(=O)CC(=O)c3nccs3)c(Cl)c2)CCN1c1cccc(Cl)c1. The fraction of sp³-hybridized carbons (Fsp3) is 0.292. The van der Waals surface area contributed by atoms with Crippen molar-refractivity contribution in [2.24, 2.45) is 0 Å². The van der Waals surface area contributed by atoms with Crippen molar-refractivity contribution in [2.75, 3.05) is 23.7 Å². The van der Waals surface area contributed by atoms with E-state index in [0.717, 1.165) is 5.69 Å². The van der Waals surface area contributed by atoms with Crippen molar-refractivity contribution in [3.63, 3.8) is 0 Å². The van der Waals surface area contributed by atoms with Crippen LogP contribution in [0, 0.1) is 0 Å². The van der Waals surface area contributed by atoms with Crippen LogP contribution in [0.25, 0.3) is 0 Å². The lowest BCUT2D eigenvalue weighted by atomic mass is 10.0. The van der Waals surface area contributed by atoms with Crippen molar-refractivity contribution in [1.29, 1.82) is 0 Å². The number of ketones is 1. The molecule has 1 aliphatic rings. The third kappa shape index (κ3) is 5.20. The summed E-state index contributed by atoms with van der Waals surface area (Å²) in [7, 11) is -1.63. The summed E-state index contributed by atoms with van der Waals surface area (Å²) in [5, 5.41) is 2.89. The molecule has 0 saturated carbocycles. The minimum absolute atomic E-state index is 0.0521. The summed E-state index contributed by atoms with van der Waals surface area (Å²) < 4.78 is 12.7. The fourth-order valence-electron chi connectivity index (χ4n) is 4.05. The second-order valence-electron chi connectivity index (χ2n) is 8.05. The molecule has 1 amide bonds. The lowest BCUT2D eigenvalue weighted by Crippen LogP contribution is -2.59. The average molecular weight is 537 g/mol. The monoisotopic (exact) mass is 535 g/mol. The molecule has 1 aromatic heterocycles. The van der Waals surface area contributed by atoms with Crippen molar-refractivity contribution in [3.8, 4) is 0 Å². The highest BCUT2D eigenvalue weighted by Crippen LogP contribution is 2.29. The molecular weight excluding hydrogens is 513 g/mol. The Balaban J connectivity index is 1.46. The summed E-state index contributed by atoms with van der Waals surface area (Å²) >= 11 is 13.8. The Morgan fingerprint density at radius 1 is 1.12 bits per heavy atom. The molecule has 1 fully saturated rings. The highest BCUT2D eigenvalue weighted by atomic mass is 35.5. The Morgan fingerprint density at radius 2 is 1.91 bits per heavy atom. The van der Waals surface area contributed by atoms with Crippen LogP contribution in [0.2, 0.25) is 10.0 Å². The Kier molecular flexibility index (Phi) is 7.72. The smallest absolute Gasteiger partial charge is 0.254 e. The van der Waals surface area contributed by atoms with E-state index in [4.69, 9.17) is 23.2 Å². The minimum atomic E-state index is -1.63. The van der Waals surface area contributed by atoms with E-state index in [1.165, 1.54) is 23.6 Å². The van der Waals surface area contributed by atoms with Crippen molar-refractivity contribution in [3.05, 3.63) is 74.7 Å². The molecule has 10 heteroatoms. The number of rotatable bonds is 6. The number of benzene rings is 2. The predicted octanol–water partition coefficient (Wildman–Crippen LogP) is 5.18. The summed E-state index contributed by atoms with van der Waals surface area (Å²) in [6, 6.07) is 12.5. The van der Waals surface area contributed by atoms with Gasteiger partial charge in [-0.3, -0.25) is 13.8 Å². The molecular formula is C24H23Cl2N3O3S2. The average Bonchev–Trinajstić information content (AvgIpc) is 3.35. The number of carbonyl (C=O) groups excluding carboxylic acids is 2. The molecule has 1 saturated heterocycles. The van der Waals surface area contributed by atoms with Gasteiger partial charge in [0.15, 0.2) is 5.01 Å². The maximum Gasteiger partial charge on any atom is 0.254 e. The van der Waals surface area contributed by atoms with Crippen molar-refractivity contribution >= 4 is 62.7 Å². The zero-order valence-corrected chi connectivity index (χ0v) is 21.8. The number of piperazine rings is 1. The van der Waals surface area contributed by atoms with E-state index in [2.05, 4.69) is 16.8 Å². The van der Waals surface area contributed by atoms with E-state index < -0.39 is 10.8 Å². The number of hydrogen-bond donors (Lipinski definition) is 0. The lowest BCUT2D eigenvalue weighted by Gasteiger charge is -2.46. The van der Waals surface area contributed by atoms with Gasteiger partial charge in [-0.15, -0.1) is 11.3 Å². The number of halogens is 2. The second-order valence-corrected chi connectivity index (χ2v) is 11.2. The molecule has 178 valence electrons. The van der Waals surface area contributed by atoms with Gasteiger partial charge >= 0.3 is 0 Å². The van der Waals surface area contributed by atoms with E-state index in [9.17, 15) is 13.8 Å². The zero-order chi connectivity index (χ0) is 24.4. The Morgan fingerprint density at radius 3 is 2.59 bits per heavy atom. The minimum Gasteiger partial charge on any atom is -0.365 e. The topological polar surface area (TPSA) is 70.6 Å². The quantitative estimate of drug-likeness (QED) is 0.406. The number of thiazole rings is 1. The largest absolute Gasteiger partial charge is 0.365 e. The first-order valence-electron chi connectivity index (χ1n) is 10.7. The summed E-state index contributed by atoms with van der Waals surface area (Å²) in [6.45, 7) is 5.33. The molecule has 2 unspecified atom stereocenters. The van der Waals surface area contributed by atoms with Crippen molar-refractivity contribution in [1.82, 2.24) is 9.88 Å². The van der Waals surface area contributed by atoms with Gasteiger partial charge < -0.3 is 9.80 Å². The maximum atomic E-state index is 13.3. The van der Waals surface area contributed by atoms with Crippen LogP contribution in [0.5, 0.6) is 0 Å². The second kappa shape index (κ2) is 10.6. The van der Waals surface area contributed by atoms with E-state index in [1.807, 2.05) is 36.1 Å². The summed E-state index contributed by atoms with van der Waals surface area (Å²) in [5.41, 5.74) is 1.45. The van der Waals surface area contributed by atoms with Crippen LogP contribution >= 0.6 is 34.5 Å². The highest BCUT2D eigenvalue weighted by molar-refractivity contribution is 7.86. The lowest BCUT2D eigenvalue weighted by molar-refractivity contribution is 0.0634. The summed E-state index contributed by atoms with van der Waals surface area (Å²) in [6.07, 6.45) is 1.53. The number of hydrogen-bond acceptors (Lipinski definition) is 6. The normalized spacial score (nSPS) is 19.2. The van der Waals surface area contributed by atoms with Crippen LogP contribution in [-0.2, 0) is 10.8 Å². The zero-order valence-electron chi connectivity index (χ0n) is 18.6. The van der Waals surface area contributed by atoms with Gasteiger partial charge in [-0.2, -0.15) is 0 Å². The fourth-order valence-corrected chi connectivity index (χ4v) is 6.37. The number of amides is 1. The van der Waals surface area contributed by atoms with Gasteiger partial charge in [0, 0.05) is 53.0 Å². The molecule has 4 rings (SSSR count). The van der Waals surface area contributed by atoms with Gasteiger partial charge in [0.2, 0.25) is 5.78 Å². The first kappa shape index (κ1) is 24.9. The van der Waals surface area contributed by atoms with Crippen LogP contribution in [0.3, 0.4) is 0 Å². The third-order valence-electron chi connectivity index (χ3n) is 6.02. The van der Waals surface area contributed by atoms with Gasteiger partial charge in [0.1, 0.15) is 0 Å². The molecule has 3 atom stereocenters. The van der Waals surface area contributed by atoms with E-state index >= 15 is 0 Å². The van der Waals surface area contributed by atoms with Crippen molar-refractivity contribution < 1.29 is 13.8 Å². The first-order chi connectivity index (χ1) is 16.3. The molecule has 2 aromatic carbocycles. The molecule has 0 spiro atoms. The highest BCUT2D eigenvalue weighted by Gasteiger charge is 2.34. The van der Waals surface area contributed by atoms with Crippen LogP contribution in [0.4, 0.5) is 5.69 Å². The Bertz CT molecular complexity index is 1240. The third-order valence-corrected chi connectivity index (χ3v) is 8.87. The van der Waals surface area contributed by atoms with Crippen LogP contribution < -0.4 is 4.90 Å². The van der Waals surface area contributed by atoms with Crippen LogP contribution in [0.15, 0.2) is 58.9 Å². The Labute approximate surface area is 215 Å². The van der Waals surface area contributed by atoms with Gasteiger partial charge in [-0.25, -0.2) is 4.98 Å². The van der Waals surface area contributed by atoms with Crippen LogP contribution in [-0.4, -0.2) is 56.7 Å². The van der Waals surface area contributed by atoms with Gasteiger partial charge in [-0.1, -0.05) is 29.3 Å². The number of aromatic nitrogens is 1. The standard InChI is InChI=1S/C24H23Cl2N3O3S2/c1-15-16(2)29(10-9-28(15)19-5-3-4-18(25)13-19)24(31)17-6-7-22(20(26)12-17)34(32)14-21(30)23-27-8-11-33-23/h3-8,11-13,15-16H,9-10,14H2,1-2H3/t15?,16-,34?/m0/s1. The number of Topliss-reactive ketones (excluding diaryl/α,β-unsaturated/α-hetero) is 1.